The smallest absolute Gasteiger partial charge is 0.0497 e. The topological polar surface area (TPSA) is 55.6 Å². The lowest BCUT2D eigenvalue weighted by atomic mass is 9.98. The Morgan fingerprint density at radius 2 is 0.896 bits per heavy atom. The van der Waals surface area contributed by atoms with Crippen LogP contribution >= 0.6 is 0 Å². The Balaban J connectivity index is 0.905. The third-order valence-electron chi connectivity index (χ3n) is 9.95. The Hall–Kier alpha value is -5.74. The van der Waals surface area contributed by atoms with Crippen LogP contribution in [0.4, 0.5) is 11.4 Å². The fourth-order valence-electron chi connectivity index (χ4n) is 7.24. The molecule has 0 fully saturated rings. The molecule has 8 aromatic rings. The lowest BCUT2D eigenvalue weighted by Crippen LogP contribution is -2.02. The zero-order chi connectivity index (χ0) is 32.8. The summed E-state index contributed by atoms with van der Waals surface area (Å²) in [6.07, 6.45) is 4.35. The van der Waals surface area contributed by atoms with Gasteiger partial charge in [-0.2, -0.15) is 0 Å². The van der Waals surface area contributed by atoms with Crippen molar-refractivity contribution >= 4 is 67.1 Å². The van der Waals surface area contributed by atoms with Crippen LogP contribution in [0.25, 0.3) is 55.8 Å². The molecule has 2 aromatic heterocycles. The Labute approximate surface area is 281 Å². The highest BCUT2D eigenvalue weighted by molar-refractivity contribution is 6.11. The zero-order valence-electron chi connectivity index (χ0n) is 28.0. The molecule has 2 heterocycles. The molecule has 0 radical (unpaired) electrons. The summed E-state index contributed by atoms with van der Waals surface area (Å²) in [5.74, 6) is 0. The number of hydrogen-bond acceptors (Lipinski definition) is 2. The van der Waals surface area contributed by atoms with E-state index in [1.165, 1.54) is 88.1 Å². The largest absolute Gasteiger partial charge is 0.381 e. The molecule has 0 saturated heterocycles. The van der Waals surface area contributed by atoms with Crippen LogP contribution < -0.4 is 10.6 Å². The summed E-state index contributed by atoms with van der Waals surface area (Å²) < 4.78 is 0. The van der Waals surface area contributed by atoms with Crippen molar-refractivity contribution in [1.82, 2.24) is 9.97 Å². The van der Waals surface area contributed by atoms with E-state index in [0.29, 0.717) is 0 Å². The number of aryl methyl sites for hydroxylation is 4. The first-order valence-electron chi connectivity index (χ1n) is 16.8. The summed E-state index contributed by atoms with van der Waals surface area (Å²) in [5, 5.41) is 12.5. The van der Waals surface area contributed by atoms with Gasteiger partial charge in [0.15, 0.2) is 0 Å². The number of rotatable bonds is 8. The van der Waals surface area contributed by atoms with Gasteiger partial charge in [0.05, 0.1) is 0 Å². The molecule has 0 aliphatic heterocycles. The van der Waals surface area contributed by atoms with Crippen molar-refractivity contribution in [2.45, 2.75) is 40.8 Å². The van der Waals surface area contributed by atoms with Crippen molar-refractivity contribution in [2.24, 2.45) is 0 Å². The standard InChI is InChI=1S/C44H40N4/c1-27-23-33(29(3)41-37-9-5-7-11-39(37)47-43(27)41)25-45-35-19-15-31(16-20-35)13-14-32-17-21-36(22-18-32)46-26-34-24-28(2)44-42(30(34)4)38-10-6-8-12-40(38)48-44/h5-24,45-48H,25-26H2,1-4H3/b14-13+. The van der Waals surface area contributed by atoms with Crippen molar-refractivity contribution in [3.8, 4) is 0 Å². The van der Waals surface area contributed by atoms with Gasteiger partial charge in [-0.15, -0.1) is 0 Å². The van der Waals surface area contributed by atoms with E-state index in [9.17, 15) is 0 Å². The second-order valence-corrected chi connectivity index (χ2v) is 13.1. The van der Waals surface area contributed by atoms with Gasteiger partial charge >= 0.3 is 0 Å². The molecule has 0 atom stereocenters. The van der Waals surface area contributed by atoms with Crippen molar-refractivity contribution in [2.75, 3.05) is 10.6 Å². The zero-order valence-corrected chi connectivity index (χ0v) is 28.0. The second-order valence-electron chi connectivity index (χ2n) is 13.1. The fraction of sp³-hybridized carbons (Fsp3) is 0.136. The highest BCUT2D eigenvalue weighted by atomic mass is 14.9. The summed E-state index contributed by atoms with van der Waals surface area (Å²) in [7, 11) is 0. The normalized spacial score (nSPS) is 11.8. The number of aromatic amines is 2. The highest BCUT2D eigenvalue weighted by Crippen LogP contribution is 2.34. The van der Waals surface area contributed by atoms with E-state index < -0.39 is 0 Å². The number of hydrogen-bond donors (Lipinski definition) is 4. The van der Waals surface area contributed by atoms with Crippen LogP contribution in [0, 0.1) is 27.7 Å². The Morgan fingerprint density at radius 1 is 0.500 bits per heavy atom. The van der Waals surface area contributed by atoms with Gasteiger partial charge in [0, 0.05) is 68.1 Å². The predicted molar refractivity (Wildman–Crippen MR) is 207 cm³/mol. The average molecular weight is 625 g/mol. The highest BCUT2D eigenvalue weighted by Gasteiger charge is 2.14. The monoisotopic (exact) mass is 624 g/mol. The van der Waals surface area contributed by atoms with E-state index in [2.05, 4.69) is 170 Å². The van der Waals surface area contributed by atoms with E-state index in [1.807, 2.05) is 0 Å². The maximum atomic E-state index is 3.64. The van der Waals surface area contributed by atoms with Crippen molar-refractivity contribution < 1.29 is 0 Å². The van der Waals surface area contributed by atoms with Gasteiger partial charge in [-0.1, -0.05) is 84.9 Å². The van der Waals surface area contributed by atoms with Crippen LogP contribution in [0.5, 0.6) is 0 Å². The van der Waals surface area contributed by atoms with Gasteiger partial charge in [-0.25, -0.2) is 0 Å². The number of fused-ring (bicyclic) bond motifs is 6. The lowest BCUT2D eigenvalue weighted by Gasteiger charge is -2.13. The maximum Gasteiger partial charge on any atom is 0.0497 e. The third-order valence-corrected chi connectivity index (χ3v) is 9.95. The molecular weight excluding hydrogens is 585 g/mol. The van der Waals surface area contributed by atoms with Gasteiger partial charge in [-0.3, -0.25) is 0 Å². The molecule has 6 aromatic carbocycles. The molecule has 0 saturated carbocycles. The molecule has 0 spiro atoms. The number of anilines is 2. The maximum absolute atomic E-state index is 3.64. The lowest BCUT2D eigenvalue weighted by molar-refractivity contribution is 1.12. The first kappa shape index (κ1) is 29.6. The van der Waals surface area contributed by atoms with Crippen LogP contribution in [0.1, 0.15) is 44.5 Å². The molecule has 48 heavy (non-hydrogen) atoms. The average Bonchev–Trinajstić information content (AvgIpc) is 3.71. The summed E-state index contributed by atoms with van der Waals surface area (Å²) in [5.41, 5.74) is 17.3. The van der Waals surface area contributed by atoms with Gasteiger partial charge in [0.25, 0.3) is 0 Å². The summed E-state index contributed by atoms with van der Waals surface area (Å²) in [6.45, 7) is 10.4. The summed E-state index contributed by atoms with van der Waals surface area (Å²) >= 11 is 0. The fourth-order valence-corrected chi connectivity index (χ4v) is 7.24. The van der Waals surface area contributed by atoms with Crippen LogP contribution in [-0.4, -0.2) is 9.97 Å². The summed E-state index contributed by atoms with van der Waals surface area (Å²) in [4.78, 5) is 7.23. The Bertz CT molecular complexity index is 2300. The van der Waals surface area contributed by atoms with Crippen molar-refractivity contribution in [3.05, 3.63) is 154 Å². The molecular formula is C44H40N4. The molecule has 4 nitrogen and oxygen atoms in total. The molecule has 0 bridgehead atoms. The van der Waals surface area contributed by atoms with Crippen molar-refractivity contribution in [1.29, 1.82) is 0 Å². The second kappa shape index (κ2) is 12.1. The van der Waals surface area contributed by atoms with Gasteiger partial charge < -0.3 is 20.6 Å². The number of nitrogens with one attached hydrogen (secondary N) is 4. The molecule has 0 amide bonds. The van der Waals surface area contributed by atoms with E-state index in [-0.39, 0.29) is 0 Å². The van der Waals surface area contributed by atoms with Crippen molar-refractivity contribution in [3.63, 3.8) is 0 Å². The first-order valence-corrected chi connectivity index (χ1v) is 16.8. The first-order chi connectivity index (χ1) is 23.4. The minimum Gasteiger partial charge on any atom is -0.381 e. The SMILES string of the molecule is Cc1cc(CNc2ccc(/C=C/c3ccc(NCc4cc(C)c5[nH]c6ccccc6c5c4C)cc3)cc2)c(C)c2c1[nH]c1ccccc12. The Kier molecular flexibility index (Phi) is 7.49. The minimum absolute atomic E-state index is 0.786. The van der Waals surface area contributed by atoms with Gasteiger partial charge in [0.2, 0.25) is 0 Å². The quantitative estimate of drug-likeness (QED) is 0.127. The van der Waals surface area contributed by atoms with E-state index >= 15 is 0 Å². The molecule has 4 heteroatoms. The number of para-hydroxylation sites is 2. The molecule has 236 valence electrons. The van der Waals surface area contributed by atoms with Gasteiger partial charge in [-0.05, 0) is 109 Å². The number of aromatic nitrogens is 2. The van der Waals surface area contributed by atoms with Gasteiger partial charge in [0.1, 0.15) is 0 Å². The number of benzene rings is 6. The van der Waals surface area contributed by atoms with Crippen LogP contribution in [0.15, 0.2) is 109 Å². The Morgan fingerprint density at radius 3 is 1.31 bits per heavy atom. The summed E-state index contributed by atoms with van der Waals surface area (Å²) in [6, 6.07) is 39.1. The molecule has 0 aliphatic rings. The number of H-pyrrole nitrogens is 2. The van der Waals surface area contributed by atoms with Crippen LogP contribution in [0.3, 0.4) is 0 Å². The minimum atomic E-state index is 0.786. The van der Waals surface area contributed by atoms with E-state index in [4.69, 9.17) is 0 Å². The molecule has 8 rings (SSSR count). The van der Waals surface area contributed by atoms with E-state index in [1.54, 1.807) is 0 Å². The predicted octanol–water partition coefficient (Wildman–Crippen LogP) is 11.6. The third kappa shape index (κ3) is 5.39. The van der Waals surface area contributed by atoms with E-state index in [0.717, 1.165) is 24.5 Å². The molecule has 4 N–H and O–H groups in total. The molecule has 0 aliphatic carbocycles. The molecule has 0 unspecified atom stereocenters. The van der Waals surface area contributed by atoms with Crippen LogP contribution in [0.2, 0.25) is 0 Å². The van der Waals surface area contributed by atoms with Crippen LogP contribution in [-0.2, 0) is 13.1 Å².